The lowest BCUT2D eigenvalue weighted by Crippen LogP contribution is -2.20. The van der Waals surface area contributed by atoms with Gasteiger partial charge in [0.2, 0.25) is 0 Å². The summed E-state index contributed by atoms with van der Waals surface area (Å²) in [7, 11) is 3.05. The van der Waals surface area contributed by atoms with Gasteiger partial charge in [-0.05, 0) is 12.1 Å². The number of methoxy groups -OCH3 is 2. The number of hydrogen-bond acceptors (Lipinski definition) is 6. The van der Waals surface area contributed by atoms with E-state index in [1.54, 1.807) is 18.2 Å². The van der Waals surface area contributed by atoms with Gasteiger partial charge in [0.15, 0.2) is 0 Å². The molecule has 0 aromatic heterocycles. The van der Waals surface area contributed by atoms with Crippen molar-refractivity contribution in [3.05, 3.63) is 41.5 Å². The second-order valence-electron chi connectivity index (χ2n) is 5.34. The third kappa shape index (κ3) is 2.73. The van der Waals surface area contributed by atoms with E-state index in [9.17, 15) is 15.3 Å². The number of rotatable bonds is 3. The number of ether oxygens (including phenoxy) is 3. The van der Waals surface area contributed by atoms with E-state index < -0.39 is 12.2 Å². The van der Waals surface area contributed by atoms with Gasteiger partial charge in [0, 0.05) is 30.2 Å². The summed E-state index contributed by atoms with van der Waals surface area (Å²) in [4.78, 5) is 0. The molecule has 23 heavy (non-hydrogen) atoms. The molecule has 0 bridgehead atoms. The predicted octanol–water partition coefficient (Wildman–Crippen LogP) is 2.67. The first-order valence-electron chi connectivity index (χ1n) is 7.16. The molecule has 6 heteroatoms. The molecule has 2 atom stereocenters. The van der Waals surface area contributed by atoms with Gasteiger partial charge in [-0.3, -0.25) is 0 Å². The number of phenolic OH excluding ortho intramolecular Hbond substituents is 2. The molecule has 3 N–H and O–H groups in total. The fourth-order valence-electron chi connectivity index (χ4n) is 2.81. The van der Waals surface area contributed by atoms with E-state index in [-0.39, 0.29) is 17.9 Å². The van der Waals surface area contributed by atoms with Crippen molar-refractivity contribution in [2.75, 3.05) is 14.2 Å². The minimum atomic E-state index is -0.808. The zero-order valence-corrected chi connectivity index (χ0v) is 12.8. The Morgan fingerprint density at radius 1 is 1.09 bits per heavy atom. The molecule has 6 nitrogen and oxygen atoms in total. The first kappa shape index (κ1) is 15.3. The lowest BCUT2D eigenvalue weighted by atomic mass is 9.93. The van der Waals surface area contributed by atoms with Crippen LogP contribution in [0.3, 0.4) is 0 Å². The predicted molar refractivity (Wildman–Crippen MR) is 82.3 cm³/mol. The summed E-state index contributed by atoms with van der Waals surface area (Å²) in [6, 6.07) is 7.64. The highest BCUT2D eigenvalue weighted by Gasteiger charge is 2.32. The van der Waals surface area contributed by atoms with Crippen LogP contribution in [-0.4, -0.2) is 29.5 Å². The third-order valence-corrected chi connectivity index (χ3v) is 3.93. The van der Waals surface area contributed by atoms with E-state index in [1.807, 2.05) is 0 Å². The Balaban J connectivity index is 2.02. The van der Waals surface area contributed by atoms with Gasteiger partial charge in [0.05, 0.1) is 25.9 Å². The Bertz CT molecular complexity index is 727. The Hall–Kier alpha value is -2.60. The second kappa shape index (κ2) is 5.89. The Labute approximate surface area is 133 Å². The Morgan fingerprint density at radius 3 is 2.52 bits per heavy atom. The van der Waals surface area contributed by atoms with Crippen LogP contribution >= 0.6 is 0 Å². The summed E-state index contributed by atoms with van der Waals surface area (Å²) >= 11 is 0. The van der Waals surface area contributed by atoms with Crippen molar-refractivity contribution >= 4 is 0 Å². The topological polar surface area (TPSA) is 88.4 Å². The molecule has 1 heterocycles. The zero-order chi connectivity index (χ0) is 16.6. The summed E-state index contributed by atoms with van der Waals surface area (Å²) in [5.74, 6) is 1.35. The van der Waals surface area contributed by atoms with Crippen LogP contribution in [0, 0.1) is 0 Å². The van der Waals surface area contributed by atoms with E-state index in [0.29, 0.717) is 28.4 Å². The van der Waals surface area contributed by atoms with Gasteiger partial charge in [0.1, 0.15) is 34.9 Å². The fraction of sp³-hybridized carbons (Fsp3) is 0.294. The zero-order valence-electron chi connectivity index (χ0n) is 12.8. The quantitative estimate of drug-likeness (QED) is 0.806. The molecule has 0 fully saturated rings. The molecule has 3 rings (SSSR count). The molecular formula is C17H18O6. The van der Waals surface area contributed by atoms with Gasteiger partial charge in [-0.25, -0.2) is 0 Å². The molecule has 0 amide bonds. The minimum Gasteiger partial charge on any atom is -0.508 e. The molecular weight excluding hydrogens is 300 g/mol. The summed E-state index contributed by atoms with van der Waals surface area (Å²) in [5.41, 5.74) is 1.05. The normalized spacial score (nSPS) is 19.6. The van der Waals surface area contributed by atoms with Crippen LogP contribution in [0.4, 0.5) is 0 Å². The van der Waals surface area contributed by atoms with E-state index in [2.05, 4.69) is 0 Å². The molecule has 122 valence electrons. The first-order valence-corrected chi connectivity index (χ1v) is 7.16. The number of aliphatic hydroxyl groups is 1. The number of benzene rings is 2. The number of phenols is 2. The molecule has 2 aromatic rings. The first-order chi connectivity index (χ1) is 11.0. The van der Waals surface area contributed by atoms with E-state index >= 15 is 0 Å². The summed E-state index contributed by atoms with van der Waals surface area (Å²) in [6.07, 6.45) is -1.10. The van der Waals surface area contributed by atoms with Gasteiger partial charge in [0.25, 0.3) is 0 Å². The smallest absolute Gasteiger partial charge is 0.133 e. The van der Waals surface area contributed by atoms with E-state index in [4.69, 9.17) is 14.2 Å². The van der Waals surface area contributed by atoms with Crippen molar-refractivity contribution in [2.45, 2.75) is 18.6 Å². The van der Waals surface area contributed by atoms with Crippen molar-refractivity contribution in [1.82, 2.24) is 0 Å². The number of hydrogen-bond donors (Lipinski definition) is 3. The van der Waals surface area contributed by atoms with Crippen molar-refractivity contribution in [3.63, 3.8) is 0 Å². The maximum Gasteiger partial charge on any atom is 0.133 e. The van der Waals surface area contributed by atoms with E-state index in [0.717, 1.165) is 0 Å². The number of fused-ring (bicyclic) bond motifs is 1. The van der Waals surface area contributed by atoms with Crippen molar-refractivity contribution in [1.29, 1.82) is 0 Å². The maximum atomic E-state index is 10.5. The van der Waals surface area contributed by atoms with Crippen LogP contribution in [0.15, 0.2) is 30.3 Å². The Kier molecular flexibility index (Phi) is 3.92. The average Bonchev–Trinajstić information content (AvgIpc) is 2.53. The highest BCUT2D eigenvalue weighted by atomic mass is 16.5. The molecule has 0 radical (unpaired) electrons. The van der Waals surface area contributed by atoms with Crippen LogP contribution in [0.25, 0.3) is 0 Å². The highest BCUT2D eigenvalue weighted by Crippen LogP contribution is 2.48. The molecule has 0 aliphatic carbocycles. The van der Waals surface area contributed by atoms with Gasteiger partial charge in [-0.15, -0.1) is 0 Å². The lowest BCUT2D eigenvalue weighted by molar-refractivity contribution is 0.0619. The lowest BCUT2D eigenvalue weighted by Gasteiger charge is -2.31. The van der Waals surface area contributed by atoms with Crippen LogP contribution in [0.5, 0.6) is 28.7 Å². The molecule has 0 unspecified atom stereocenters. The van der Waals surface area contributed by atoms with Gasteiger partial charge in [-0.1, -0.05) is 0 Å². The van der Waals surface area contributed by atoms with Crippen molar-refractivity contribution in [3.8, 4) is 28.7 Å². The molecule has 0 saturated carbocycles. The Morgan fingerprint density at radius 2 is 1.87 bits per heavy atom. The van der Waals surface area contributed by atoms with Crippen LogP contribution in [0.2, 0.25) is 0 Å². The standard InChI is InChI=1S/C17H18O6/c1-21-10-6-15(22-2)17-13(20)8-14(23-16(17)7-10)11-4-3-9(18)5-12(11)19/h3-7,13-14,18-20H,8H2,1-2H3/t13-,14-/m1/s1. The maximum absolute atomic E-state index is 10.5. The summed E-state index contributed by atoms with van der Waals surface area (Å²) in [6.45, 7) is 0. The average molecular weight is 318 g/mol. The monoisotopic (exact) mass is 318 g/mol. The molecule has 0 spiro atoms. The van der Waals surface area contributed by atoms with Crippen LogP contribution in [-0.2, 0) is 0 Å². The summed E-state index contributed by atoms with van der Waals surface area (Å²) < 4.78 is 16.5. The van der Waals surface area contributed by atoms with Gasteiger partial charge < -0.3 is 29.5 Å². The number of aliphatic hydroxyl groups excluding tert-OH is 1. The molecule has 1 aliphatic heterocycles. The highest BCUT2D eigenvalue weighted by molar-refractivity contribution is 5.53. The number of aromatic hydroxyl groups is 2. The fourth-order valence-corrected chi connectivity index (χ4v) is 2.81. The van der Waals surface area contributed by atoms with E-state index in [1.165, 1.54) is 26.4 Å². The largest absolute Gasteiger partial charge is 0.508 e. The molecule has 1 aliphatic rings. The van der Waals surface area contributed by atoms with Gasteiger partial charge in [-0.2, -0.15) is 0 Å². The van der Waals surface area contributed by atoms with Crippen molar-refractivity contribution < 1.29 is 29.5 Å². The second-order valence-corrected chi connectivity index (χ2v) is 5.34. The third-order valence-electron chi connectivity index (χ3n) is 3.93. The van der Waals surface area contributed by atoms with Crippen LogP contribution in [0.1, 0.15) is 29.8 Å². The molecule has 2 aromatic carbocycles. The minimum absolute atomic E-state index is 0.0358. The SMILES string of the molecule is COc1cc(OC)c2c(c1)O[C@@H](c1ccc(O)cc1O)C[C@H]2O. The van der Waals surface area contributed by atoms with Crippen LogP contribution < -0.4 is 14.2 Å². The summed E-state index contributed by atoms with van der Waals surface area (Å²) in [5, 5.41) is 29.9. The van der Waals surface area contributed by atoms with Crippen molar-refractivity contribution in [2.24, 2.45) is 0 Å². The molecule has 0 saturated heterocycles. The van der Waals surface area contributed by atoms with Gasteiger partial charge >= 0.3 is 0 Å².